The van der Waals surface area contributed by atoms with Crippen molar-refractivity contribution in [2.24, 2.45) is 0 Å². The Bertz CT molecular complexity index is 1000. The van der Waals surface area contributed by atoms with Crippen LogP contribution in [-0.2, 0) is 20.8 Å². The molecule has 0 aromatic heterocycles. The highest BCUT2D eigenvalue weighted by Crippen LogP contribution is 2.44. The summed E-state index contributed by atoms with van der Waals surface area (Å²) in [5, 5.41) is 9.32. The highest BCUT2D eigenvalue weighted by molar-refractivity contribution is 7.90. The summed E-state index contributed by atoms with van der Waals surface area (Å²) in [6.45, 7) is 3.22. The lowest BCUT2D eigenvalue weighted by molar-refractivity contribution is -0.136. The first-order chi connectivity index (χ1) is 13.3. The molecule has 2 aromatic rings. The van der Waals surface area contributed by atoms with Crippen LogP contribution in [-0.4, -0.2) is 27.9 Å². The van der Waals surface area contributed by atoms with Gasteiger partial charge in [-0.2, -0.15) is 0 Å². The Morgan fingerprint density at radius 2 is 1.82 bits per heavy atom. The number of aliphatic carboxylic acids is 1. The maximum Gasteiger partial charge on any atom is 0.308 e. The van der Waals surface area contributed by atoms with E-state index in [2.05, 4.69) is 0 Å². The number of carbonyl (C=O) groups excluding carboxylic acids is 1. The predicted molar refractivity (Wildman–Crippen MR) is 109 cm³/mol. The second-order valence-electron chi connectivity index (χ2n) is 6.56. The van der Waals surface area contributed by atoms with Gasteiger partial charge in [0.1, 0.15) is 12.0 Å². The van der Waals surface area contributed by atoms with Gasteiger partial charge in [0, 0.05) is 6.92 Å². The molecule has 1 N–H and O–H groups in total. The number of ether oxygens (including phenoxy) is 1. The summed E-state index contributed by atoms with van der Waals surface area (Å²) in [5.74, 6) is -0.963. The largest absolute Gasteiger partial charge is 0.612 e. The smallest absolute Gasteiger partial charge is 0.308 e. The molecular weight excluding hydrogens is 376 g/mol. The van der Waals surface area contributed by atoms with Crippen LogP contribution in [0.2, 0.25) is 0 Å². The Morgan fingerprint density at radius 1 is 1.14 bits per heavy atom. The minimum absolute atomic E-state index is 0.118. The maximum atomic E-state index is 11.6. The molecule has 5 nitrogen and oxygen atoms in total. The number of carboxylic acid groups (broad SMARTS) is 1. The summed E-state index contributed by atoms with van der Waals surface area (Å²) in [6.07, 6.45) is 3.50. The number of hydrogen-bond acceptors (Lipinski definition) is 4. The maximum absolute atomic E-state index is 11.6. The average molecular weight is 396 g/mol. The average Bonchev–Trinajstić information content (AvgIpc) is 2.86. The van der Waals surface area contributed by atoms with Crippen LogP contribution in [0.4, 0.5) is 0 Å². The molecule has 0 bridgehead atoms. The quantitative estimate of drug-likeness (QED) is 0.466. The van der Waals surface area contributed by atoms with Crippen LogP contribution in [0.5, 0.6) is 5.75 Å². The Hall–Kier alpha value is -2.83. The number of fused-ring (bicyclic) bond motifs is 1. The molecule has 0 heterocycles. The van der Waals surface area contributed by atoms with Gasteiger partial charge in [-0.3, -0.25) is 9.59 Å². The van der Waals surface area contributed by atoms with Gasteiger partial charge in [0.2, 0.25) is 0 Å². The number of allylic oxidation sites excluding steroid dienone is 2. The number of rotatable bonds is 5. The Kier molecular flexibility index (Phi) is 5.72. The van der Waals surface area contributed by atoms with Gasteiger partial charge in [-0.05, 0) is 94.0 Å². The van der Waals surface area contributed by atoms with E-state index in [9.17, 15) is 19.2 Å². The number of benzene rings is 2. The molecule has 0 saturated carbocycles. The van der Waals surface area contributed by atoms with Gasteiger partial charge in [0.05, 0.1) is 6.42 Å². The van der Waals surface area contributed by atoms with Crippen molar-refractivity contribution in [2.45, 2.75) is 25.2 Å². The number of carbonyl (C=O) groups is 2. The third-order valence-electron chi connectivity index (χ3n) is 4.58. The van der Waals surface area contributed by atoms with Gasteiger partial charge in [-0.25, -0.2) is 0 Å². The minimum atomic E-state index is -1.04. The van der Waals surface area contributed by atoms with E-state index < -0.39 is 23.1 Å². The number of hydrogen-bond donors (Lipinski definition) is 1. The lowest BCUT2D eigenvalue weighted by Gasteiger charge is -2.08. The number of esters is 1. The Balaban J connectivity index is 2.08. The van der Waals surface area contributed by atoms with Gasteiger partial charge < -0.3 is 14.4 Å². The zero-order valence-electron chi connectivity index (χ0n) is 15.8. The van der Waals surface area contributed by atoms with E-state index in [0.29, 0.717) is 11.3 Å². The van der Waals surface area contributed by atoms with Gasteiger partial charge >= 0.3 is 11.9 Å². The van der Waals surface area contributed by atoms with E-state index in [4.69, 9.17) is 4.74 Å². The number of carboxylic acids is 1. The highest BCUT2D eigenvalue weighted by Gasteiger charge is 2.26. The van der Waals surface area contributed by atoms with Crippen molar-refractivity contribution in [3.63, 3.8) is 0 Å². The highest BCUT2D eigenvalue weighted by atomic mass is 32.2. The summed E-state index contributed by atoms with van der Waals surface area (Å²) in [7, 11) is 0. The van der Waals surface area contributed by atoms with Crippen molar-refractivity contribution in [1.82, 2.24) is 0 Å². The first kappa shape index (κ1) is 19.9. The first-order valence-corrected chi connectivity index (χ1v) is 10.2. The van der Waals surface area contributed by atoms with Crippen molar-refractivity contribution in [3.8, 4) is 5.75 Å². The van der Waals surface area contributed by atoms with Crippen molar-refractivity contribution in [3.05, 3.63) is 64.7 Å². The van der Waals surface area contributed by atoms with Crippen LogP contribution in [0.1, 0.15) is 37.0 Å². The van der Waals surface area contributed by atoms with E-state index in [1.807, 2.05) is 43.3 Å². The Morgan fingerprint density at radius 3 is 2.39 bits per heavy atom. The second-order valence-corrected chi connectivity index (χ2v) is 7.94. The molecule has 0 spiro atoms. The molecule has 144 valence electrons. The van der Waals surface area contributed by atoms with Crippen LogP contribution in [0.3, 0.4) is 0 Å². The topological polar surface area (TPSA) is 86.7 Å². The van der Waals surface area contributed by atoms with Gasteiger partial charge in [-0.15, -0.1) is 0 Å². The van der Waals surface area contributed by atoms with E-state index in [0.717, 1.165) is 32.7 Å². The fourth-order valence-corrected chi connectivity index (χ4v) is 3.81. The van der Waals surface area contributed by atoms with Crippen molar-refractivity contribution >= 4 is 40.3 Å². The van der Waals surface area contributed by atoms with Gasteiger partial charge in [0.25, 0.3) is 0 Å². The van der Waals surface area contributed by atoms with E-state index in [-0.39, 0.29) is 6.42 Å². The van der Waals surface area contributed by atoms with E-state index in [1.165, 1.54) is 6.92 Å². The lowest BCUT2D eigenvalue weighted by atomic mass is 10.0. The summed E-state index contributed by atoms with van der Waals surface area (Å²) >= 11 is -1.04. The van der Waals surface area contributed by atoms with Crippen LogP contribution in [0, 0.1) is 0 Å². The fourth-order valence-electron chi connectivity index (χ4n) is 3.29. The van der Waals surface area contributed by atoms with Crippen LogP contribution < -0.4 is 4.74 Å². The molecular formula is C22H20O5S. The molecule has 1 atom stereocenters. The molecule has 0 aliphatic heterocycles. The third kappa shape index (κ3) is 4.18. The first-order valence-electron chi connectivity index (χ1n) is 8.66. The fraction of sp³-hybridized carbons (Fsp3) is 0.182. The SMILES string of the molecule is CC(=O)Oc1ccc2c(c1)C(CC(=O)O)=C(C)C2=Cc1ccc([S+](C)[O-])cc1. The molecule has 0 fully saturated rings. The van der Waals surface area contributed by atoms with Crippen LogP contribution in [0.25, 0.3) is 17.2 Å². The monoisotopic (exact) mass is 396 g/mol. The molecule has 0 saturated heterocycles. The molecule has 3 rings (SSSR count). The zero-order chi connectivity index (χ0) is 20.4. The molecule has 2 aromatic carbocycles. The van der Waals surface area contributed by atoms with E-state index >= 15 is 0 Å². The molecule has 0 amide bonds. The van der Waals surface area contributed by atoms with Crippen LogP contribution in [0.15, 0.2) is 52.9 Å². The van der Waals surface area contributed by atoms with Gasteiger partial charge in [-0.1, -0.05) is 6.07 Å². The Labute approximate surface area is 166 Å². The minimum Gasteiger partial charge on any atom is -0.612 e. The molecule has 1 aliphatic rings. The molecule has 28 heavy (non-hydrogen) atoms. The van der Waals surface area contributed by atoms with Crippen LogP contribution >= 0.6 is 0 Å². The molecule has 1 unspecified atom stereocenters. The normalized spacial score (nSPS) is 15.5. The van der Waals surface area contributed by atoms with Gasteiger partial charge in [0.15, 0.2) is 4.90 Å². The molecule has 6 heteroatoms. The molecule has 1 aliphatic carbocycles. The van der Waals surface area contributed by atoms with E-state index in [1.54, 1.807) is 18.4 Å². The summed E-state index contributed by atoms with van der Waals surface area (Å²) in [4.78, 5) is 23.4. The zero-order valence-corrected chi connectivity index (χ0v) is 16.6. The predicted octanol–water partition coefficient (Wildman–Crippen LogP) is 4.15. The summed E-state index contributed by atoms with van der Waals surface area (Å²) in [5.41, 5.74) is 5.08. The summed E-state index contributed by atoms with van der Waals surface area (Å²) in [6, 6.07) is 12.7. The van der Waals surface area contributed by atoms with Crippen molar-refractivity contribution < 1.29 is 24.0 Å². The van der Waals surface area contributed by atoms with Crippen molar-refractivity contribution in [2.75, 3.05) is 6.26 Å². The standard InChI is InChI=1S/C22H20O5S/c1-13-19(10-15-4-7-17(8-5-15)28(3)26)18-9-6-16(27-14(2)23)11-21(18)20(13)12-22(24)25/h4-11H,12H2,1-3H3,(H,24,25). The second kappa shape index (κ2) is 8.04. The lowest BCUT2D eigenvalue weighted by Crippen LogP contribution is -2.02. The molecule has 0 radical (unpaired) electrons. The van der Waals surface area contributed by atoms with Crippen molar-refractivity contribution in [1.29, 1.82) is 0 Å². The summed E-state index contributed by atoms with van der Waals surface area (Å²) < 4.78 is 16.7. The third-order valence-corrected chi connectivity index (χ3v) is 5.51.